The number of ketones is 1. The van der Waals surface area contributed by atoms with Gasteiger partial charge in [0.25, 0.3) is 0 Å². The first-order chi connectivity index (χ1) is 7.29. The Hall–Kier alpha value is -1.19. The second kappa shape index (κ2) is 4.13. The van der Waals surface area contributed by atoms with Gasteiger partial charge >= 0.3 is 0 Å². The first-order valence-electron chi connectivity index (χ1n) is 4.94. The summed E-state index contributed by atoms with van der Waals surface area (Å²) in [5, 5.41) is 0. The molecule has 0 saturated heterocycles. The van der Waals surface area contributed by atoms with Crippen LogP contribution in [-0.4, -0.2) is 32.2 Å². The number of hydrogen-bond donors (Lipinski definition) is 0. The molecule has 2 atom stereocenters. The summed E-state index contributed by atoms with van der Waals surface area (Å²) in [6, 6.07) is 9.25. The molecule has 0 aromatic heterocycles. The Bertz CT molecular complexity index is 337. The second-order valence-corrected chi connectivity index (χ2v) is 3.66. The topological polar surface area (TPSA) is 35.5 Å². The van der Waals surface area contributed by atoms with Gasteiger partial charge in [-0.25, -0.2) is 0 Å². The molecule has 1 aromatic rings. The van der Waals surface area contributed by atoms with E-state index in [0.29, 0.717) is 0 Å². The van der Waals surface area contributed by atoms with E-state index in [-0.39, 0.29) is 23.9 Å². The van der Waals surface area contributed by atoms with Gasteiger partial charge in [0.1, 0.15) is 0 Å². The van der Waals surface area contributed by atoms with Crippen LogP contribution in [0.1, 0.15) is 10.4 Å². The number of carbonyl (C=O) groups is 1. The van der Waals surface area contributed by atoms with Crippen molar-refractivity contribution in [2.75, 3.05) is 14.2 Å². The van der Waals surface area contributed by atoms with Crippen molar-refractivity contribution >= 4 is 5.78 Å². The lowest BCUT2D eigenvalue weighted by Crippen LogP contribution is -2.06. The van der Waals surface area contributed by atoms with E-state index in [0.717, 1.165) is 5.56 Å². The van der Waals surface area contributed by atoms with Crippen molar-refractivity contribution in [1.82, 2.24) is 0 Å². The van der Waals surface area contributed by atoms with Crippen LogP contribution in [0.5, 0.6) is 0 Å². The fourth-order valence-electron chi connectivity index (χ4n) is 1.91. The molecule has 0 bridgehead atoms. The predicted molar refractivity (Wildman–Crippen MR) is 55.9 cm³/mol. The number of benzene rings is 1. The quantitative estimate of drug-likeness (QED) is 0.701. The molecule has 1 aromatic carbocycles. The minimum absolute atomic E-state index is 0.0808. The van der Waals surface area contributed by atoms with Gasteiger partial charge in [0.15, 0.2) is 5.78 Å². The first kappa shape index (κ1) is 10.3. The number of ether oxygens (including phenoxy) is 2. The smallest absolute Gasteiger partial charge is 0.171 e. The van der Waals surface area contributed by atoms with E-state index in [1.54, 1.807) is 14.2 Å². The van der Waals surface area contributed by atoms with E-state index in [9.17, 15) is 4.79 Å². The van der Waals surface area contributed by atoms with Crippen molar-refractivity contribution in [3.05, 3.63) is 35.9 Å². The van der Waals surface area contributed by atoms with Gasteiger partial charge < -0.3 is 9.47 Å². The van der Waals surface area contributed by atoms with Crippen LogP contribution in [0.15, 0.2) is 30.3 Å². The number of methoxy groups -OCH3 is 2. The van der Waals surface area contributed by atoms with Crippen LogP contribution in [0.4, 0.5) is 0 Å². The summed E-state index contributed by atoms with van der Waals surface area (Å²) >= 11 is 0. The van der Waals surface area contributed by atoms with Gasteiger partial charge in [-0.3, -0.25) is 4.79 Å². The Balaban J connectivity index is 2.11. The highest BCUT2D eigenvalue weighted by Crippen LogP contribution is 2.39. The Morgan fingerprint density at radius 2 is 1.60 bits per heavy atom. The maximum atomic E-state index is 12.0. The number of Topliss-reactive ketones (excluding diaryl/α,β-unsaturated/α-hetero) is 1. The van der Waals surface area contributed by atoms with E-state index in [1.165, 1.54) is 0 Å². The molecule has 0 amide bonds. The van der Waals surface area contributed by atoms with Crippen molar-refractivity contribution in [1.29, 1.82) is 0 Å². The minimum Gasteiger partial charge on any atom is -0.378 e. The van der Waals surface area contributed by atoms with Crippen LogP contribution in [0.2, 0.25) is 0 Å². The van der Waals surface area contributed by atoms with E-state index in [4.69, 9.17) is 9.47 Å². The Kier molecular flexibility index (Phi) is 2.84. The third-order valence-corrected chi connectivity index (χ3v) is 2.80. The molecule has 1 saturated carbocycles. The van der Waals surface area contributed by atoms with Gasteiger partial charge in [0.2, 0.25) is 0 Å². The molecule has 80 valence electrons. The fourth-order valence-corrected chi connectivity index (χ4v) is 1.91. The van der Waals surface area contributed by atoms with Crippen LogP contribution in [0.25, 0.3) is 0 Å². The van der Waals surface area contributed by atoms with Gasteiger partial charge in [-0.1, -0.05) is 30.3 Å². The molecule has 2 rings (SSSR count). The third-order valence-electron chi connectivity index (χ3n) is 2.80. The largest absolute Gasteiger partial charge is 0.378 e. The van der Waals surface area contributed by atoms with Crippen LogP contribution < -0.4 is 0 Å². The summed E-state index contributed by atoms with van der Waals surface area (Å²) in [7, 11) is 3.21. The Labute approximate surface area is 89.0 Å². The van der Waals surface area contributed by atoms with Crippen LogP contribution in [0, 0.1) is 5.92 Å². The summed E-state index contributed by atoms with van der Waals surface area (Å²) in [6.45, 7) is 0. The third kappa shape index (κ3) is 1.80. The zero-order valence-electron chi connectivity index (χ0n) is 8.84. The summed E-state index contributed by atoms with van der Waals surface area (Å²) in [6.07, 6.45) is -0.162. The SMILES string of the molecule is COC1C(OC)C1C(=O)c1ccccc1. The molecular formula is C12H14O3. The van der Waals surface area contributed by atoms with Gasteiger partial charge in [-0.15, -0.1) is 0 Å². The zero-order chi connectivity index (χ0) is 10.8. The summed E-state index contributed by atoms with van der Waals surface area (Å²) < 4.78 is 10.3. The molecule has 2 unspecified atom stereocenters. The molecular weight excluding hydrogens is 192 g/mol. The molecule has 1 aliphatic carbocycles. The Morgan fingerprint density at radius 3 is 2.07 bits per heavy atom. The van der Waals surface area contributed by atoms with Gasteiger partial charge in [0.05, 0.1) is 18.1 Å². The molecule has 0 aliphatic heterocycles. The number of rotatable bonds is 4. The standard InChI is InChI=1S/C12H14O3/c1-14-11-9(12(11)15-2)10(13)8-6-4-3-5-7-8/h3-7,9,11-12H,1-2H3. The number of hydrogen-bond acceptors (Lipinski definition) is 3. The predicted octanol–water partition coefficient (Wildman–Crippen LogP) is 1.53. The van der Waals surface area contributed by atoms with Crippen LogP contribution in [0.3, 0.4) is 0 Å². The number of carbonyl (C=O) groups excluding carboxylic acids is 1. The van der Waals surface area contributed by atoms with Gasteiger partial charge in [-0.2, -0.15) is 0 Å². The van der Waals surface area contributed by atoms with E-state index < -0.39 is 0 Å². The maximum absolute atomic E-state index is 12.0. The lowest BCUT2D eigenvalue weighted by atomic mass is 10.1. The molecule has 1 fully saturated rings. The van der Waals surface area contributed by atoms with Crippen molar-refractivity contribution in [2.24, 2.45) is 5.92 Å². The zero-order valence-corrected chi connectivity index (χ0v) is 8.84. The van der Waals surface area contributed by atoms with E-state index >= 15 is 0 Å². The minimum atomic E-state index is -0.137. The molecule has 15 heavy (non-hydrogen) atoms. The highest BCUT2D eigenvalue weighted by molar-refractivity contribution is 6.00. The fraction of sp³-hybridized carbons (Fsp3) is 0.417. The second-order valence-electron chi connectivity index (χ2n) is 3.66. The van der Waals surface area contributed by atoms with Crippen molar-refractivity contribution in [2.45, 2.75) is 12.2 Å². The Morgan fingerprint density at radius 1 is 1.07 bits per heavy atom. The average Bonchev–Trinajstić information content (AvgIpc) is 3.02. The van der Waals surface area contributed by atoms with Crippen LogP contribution in [-0.2, 0) is 9.47 Å². The van der Waals surface area contributed by atoms with Gasteiger partial charge in [-0.05, 0) is 0 Å². The average molecular weight is 206 g/mol. The highest BCUT2D eigenvalue weighted by atomic mass is 16.5. The molecule has 0 heterocycles. The van der Waals surface area contributed by atoms with Gasteiger partial charge in [0, 0.05) is 19.8 Å². The molecule has 3 heteroatoms. The molecule has 3 nitrogen and oxygen atoms in total. The summed E-state index contributed by atoms with van der Waals surface area (Å²) in [5.74, 6) is -0.0308. The molecule has 1 aliphatic rings. The lowest BCUT2D eigenvalue weighted by molar-refractivity contribution is 0.0917. The maximum Gasteiger partial charge on any atom is 0.171 e. The van der Waals surface area contributed by atoms with E-state index in [2.05, 4.69) is 0 Å². The summed E-state index contributed by atoms with van der Waals surface area (Å²) in [4.78, 5) is 12.0. The normalized spacial score (nSPS) is 28.8. The molecule has 0 N–H and O–H groups in total. The molecule has 0 radical (unpaired) electrons. The highest BCUT2D eigenvalue weighted by Gasteiger charge is 2.56. The monoisotopic (exact) mass is 206 g/mol. The van der Waals surface area contributed by atoms with Crippen LogP contribution >= 0.6 is 0 Å². The molecule has 0 spiro atoms. The van der Waals surface area contributed by atoms with Crippen molar-refractivity contribution in [3.8, 4) is 0 Å². The van der Waals surface area contributed by atoms with E-state index in [1.807, 2.05) is 30.3 Å². The van der Waals surface area contributed by atoms with Crippen molar-refractivity contribution < 1.29 is 14.3 Å². The lowest BCUT2D eigenvalue weighted by Gasteiger charge is -1.98. The van der Waals surface area contributed by atoms with Crippen molar-refractivity contribution in [3.63, 3.8) is 0 Å². The first-order valence-corrected chi connectivity index (χ1v) is 4.94. The summed E-state index contributed by atoms with van der Waals surface area (Å²) in [5.41, 5.74) is 0.726.